The minimum atomic E-state index is 0.182. The van der Waals surface area contributed by atoms with E-state index in [9.17, 15) is 4.79 Å². The second-order valence-electron chi connectivity index (χ2n) is 8.13. The molecule has 2 heterocycles. The molecule has 3 aliphatic rings. The molecule has 1 aliphatic heterocycles. The van der Waals surface area contributed by atoms with E-state index in [1.54, 1.807) is 12.3 Å². The summed E-state index contributed by atoms with van der Waals surface area (Å²) < 4.78 is 0. The molecular weight excluding hydrogens is 326 g/mol. The maximum Gasteiger partial charge on any atom is 0.234 e. The Morgan fingerprint density at radius 1 is 1.19 bits per heavy atom. The van der Waals surface area contributed by atoms with Crippen molar-refractivity contribution < 1.29 is 4.79 Å². The lowest BCUT2D eigenvalue weighted by Gasteiger charge is -2.47. The molecule has 26 heavy (non-hydrogen) atoms. The standard InChI is InChI=1S/C20H27N5O/c21-11-19-22-9-8-18(24-19)23-17-7-2-1-4-15(17)10-20(26)25-12-16(13-25)14-5-3-6-14/h8-9,14-17H,1-7,10,12-13H2,(H,22,23,24)/t15-,17-/m0/s1. The summed E-state index contributed by atoms with van der Waals surface area (Å²) in [5.74, 6) is 3.18. The van der Waals surface area contributed by atoms with Crippen LogP contribution in [-0.2, 0) is 4.79 Å². The Balaban J connectivity index is 1.32. The van der Waals surface area contributed by atoms with Crippen LogP contribution in [-0.4, -0.2) is 39.9 Å². The number of carbonyl (C=O) groups is 1. The van der Waals surface area contributed by atoms with Gasteiger partial charge in [0.2, 0.25) is 11.7 Å². The van der Waals surface area contributed by atoms with Gasteiger partial charge in [0.25, 0.3) is 0 Å². The molecule has 4 rings (SSSR count). The third-order valence-electron chi connectivity index (χ3n) is 6.51. The lowest BCUT2D eigenvalue weighted by Crippen LogP contribution is -2.54. The van der Waals surface area contributed by atoms with Gasteiger partial charge in [0.1, 0.15) is 11.9 Å². The maximum atomic E-state index is 12.7. The highest BCUT2D eigenvalue weighted by atomic mass is 16.2. The van der Waals surface area contributed by atoms with Gasteiger partial charge in [-0.15, -0.1) is 0 Å². The summed E-state index contributed by atoms with van der Waals surface area (Å²) in [4.78, 5) is 22.9. The highest BCUT2D eigenvalue weighted by Gasteiger charge is 2.39. The predicted octanol–water partition coefficient (Wildman–Crippen LogP) is 2.97. The number of likely N-dealkylation sites (tertiary alicyclic amines) is 1. The van der Waals surface area contributed by atoms with E-state index in [4.69, 9.17) is 5.26 Å². The molecule has 2 aliphatic carbocycles. The number of hydrogen-bond acceptors (Lipinski definition) is 5. The van der Waals surface area contributed by atoms with Crippen LogP contribution >= 0.6 is 0 Å². The third kappa shape index (κ3) is 3.67. The first kappa shape index (κ1) is 17.3. The highest BCUT2D eigenvalue weighted by Crippen LogP contribution is 2.39. The number of nitrogens with zero attached hydrogens (tertiary/aromatic N) is 4. The molecule has 0 bridgehead atoms. The number of nitrogens with one attached hydrogen (secondary N) is 1. The second kappa shape index (κ2) is 7.61. The zero-order valence-electron chi connectivity index (χ0n) is 15.2. The van der Waals surface area contributed by atoms with Gasteiger partial charge >= 0.3 is 0 Å². The molecule has 2 atom stereocenters. The Bertz CT molecular complexity index is 690. The number of rotatable bonds is 5. The van der Waals surface area contributed by atoms with Gasteiger partial charge in [0, 0.05) is 31.7 Å². The molecule has 0 unspecified atom stereocenters. The number of carbonyl (C=O) groups excluding carboxylic acids is 1. The maximum absolute atomic E-state index is 12.7. The van der Waals surface area contributed by atoms with Gasteiger partial charge in [-0.3, -0.25) is 4.79 Å². The minimum Gasteiger partial charge on any atom is -0.367 e. The van der Waals surface area contributed by atoms with Crippen molar-refractivity contribution in [2.45, 2.75) is 57.4 Å². The van der Waals surface area contributed by atoms with Crippen molar-refractivity contribution in [3.05, 3.63) is 18.1 Å². The van der Waals surface area contributed by atoms with E-state index in [2.05, 4.69) is 20.2 Å². The molecule has 6 heteroatoms. The quantitative estimate of drug-likeness (QED) is 0.880. The molecule has 0 spiro atoms. The summed E-state index contributed by atoms with van der Waals surface area (Å²) in [5, 5.41) is 12.4. The summed E-state index contributed by atoms with van der Waals surface area (Å²) in [5.41, 5.74) is 0. The van der Waals surface area contributed by atoms with Crippen molar-refractivity contribution in [3.63, 3.8) is 0 Å². The van der Waals surface area contributed by atoms with E-state index < -0.39 is 0 Å². The Kier molecular flexibility index (Phi) is 5.05. The van der Waals surface area contributed by atoms with Crippen LogP contribution in [0.2, 0.25) is 0 Å². The molecule has 0 radical (unpaired) electrons. The number of nitriles is 1. The molecule has 0 aromatic carbocycles. The van der Waals surface area contributed by atoms with Gasteiger partial charge in [-0.05, 0) is 36.7 Å². The van der Waals surface area contributed by atoms with Crippen LogP contribution in [0.4, 0.5) is 5.82 Å². The fraction of sp³-hybridized carbons (Fsp3) is 0.700. The van der Waals surface area contributed by atoms with E-state index in [1.165, 1.54) is 32.1 Å². The minimum absolute atomic E-state index is 0.182. The smallest absolute Gasteiger partial charge is 0.234 e. The van der Waals surface area contributed by atoms with Crippen LogP contribution in [0.5, 0.6) is 0 Å². The first-order chi connectivity index (χ1) is 12.7. The average Bonchev–Trinajstić information content (AvgIpc) is 2.57. The van der Waals surface area contributed by atoms with E-state index in [1.807, 2.05) is 6.07 Å². The molecule has 1 aromatic rings. The van der Waals surface area contributed by atoms with Crippen molar-refractivity contribution in [3.8, 4) is 6.07 Å². The fourth-order valence-electron chi connectivity index (χ4n) is 4.60. The number of amides is 1. The molecule has 1 aromatic heterocycles. The second-order valence-corrected chi connectivity index (χ2v) is 8.13. The summed E-state index contributed by atoms with van der Waals surface area (Å²) in [7, 11) is 0. The van der Waals surface area contributed by atoms with Gasteiger partial charge in [-0.1, -0.05) is 32.1 Å². The molecule has 138 valence electrons. The third-order valence-corrected chi connectivity index (χ3v) is 6.51. The molecule has 2 saturated carbocycles. The van der Waals surface area contributed by atoms with Crippen molar-refractivity contribution in [2.24, 2.45) is 17.8 Å². The molecule has 1 N–H and O–H groups in total. The largest absolute Gasteiger partial charge is 0.367 e. The van der Waals surface area contributed by atoms with Crippen LogP contribution < -0.4 is 5.32 Å². The SMILES string of the molecule is N#Cc1nccc(N[C@H]2CCCC[C@H]2CC(=O)N2CC(C3CCC3)C2)n1. The number of anilines is 1. The van der Waals surface area contributed by atoms with Crippen molar-refractivity contribution in [1.82, 2.24) is 14.9 Å². The van der Waals surface area contributed by atoms with Crippen LogP contribution in [0.15, 0.2) is 12.3 Å². The van der Waals surface area contributed by atoms with E-state index in [0.717, 1.165) is 37.8 Å². The van der Waals surface area contributed by atoms with Crippen LogP contribution in [0.25, 0.3) is 0 Å². The number of aromatic nitrogens is 2. The molecule has 6 nitrogen and oxygen atoms in total. The van der Waals surface area contributed by atoms with Gasteiger partial charge in [0.05, 0.1) is 0 Å². The lowest BCUT2D eigenvalue weighted by atomic mass is 9.72. The average molecular weight is 353 g/mol. The van der Waals surface area contributed by atoms with Crippen LogP contribution in [0.3, 0.4) is 0 Å². The van der Waals surface area contributed by atoms with E-state index in [0.29, 0.717) is 24.1 Å². The molecule has 3 fully saturated rings. The van der Waals surface area contributed by atoms with Crippen LogP contribution in [0.1, 0.15) is 57.2 Å². The van der Waals surface area contributed by atoms with Crippen molar-refractivity contribution >= 4 is 11.7 Å². The van der Waals surface area contributed by atoms with Gasteiger partial charge in [-0.25, -0.2) is 9.97 Å². The summed E-state index contributed by atoms with van der Waals surface area (Å²) >= 11 is 0. The summed E-state index contributed by atoms with van der Waals surface area (Å²) in [6.45, 7) is 1.96. The first-order valence-corrected chi connectivity index (χ1v) is 10.0. The van der Waals surface area contributed by atoms with Crippen molar-refractivity contribution in [2.75, 3.05) is 18.4 Å². The molecular formula is C20H27N5O. The Labute approximate surface area is 155 Å². The Hall–Kier alpha value is -2.16. The summed E-state index contributed by atoms with van der Waals surface area (Å²) in [6.07, 6.45) is 10.8. The zero-order valence-corrected chi connectivity index (χ0v) is 15.2. The molecule has 1 saturated heterocycles. The van der Waals surface area contributed by atoms with E-state index >= 15 is 0 Å². The normalized spacial score (nSPS) is 26.5. The number of hydrogen-bond donors (Lipinski definition) is 1. The van der Waals surface area contributed by atoms with Gasteiger partial charge in [0.15, 0.2) is 0 Å². The van der Waals surface area contributed by atoms with Crippen LogP contribution in [0, 0.1) is 29.1 Å². The predicted molar refractivity (Wildman–Crippen MR) is 98.1 cm³/mol. The fourth-order valence-corrected chi connectivity index (χ4v) is 4.60. The first-order valence-electron chi connectivity index (χ1n) is 10.0. The Morgan fingerprint density at radius 2 is 2.00 bits per heavy atom. The highest BCUT2D eigenvalue weighted by molar-refractivity contribution is 5.77. The zero-order chi connectivity index (χ0) is 17.9. The van der Waals surface area contributed by atoms with E-state index in [-0.39, 0.29) is 11.9 Å². The summed E-state index contributed by atoms with van der Waals surface area (Å²) in [6, 6.07) is 4.02. The monoisotopic (exact) mass is 353 g/mol. The van der Waals surface area contributed by atoms with Crippen molar-refractivity contribution in [1.29, 1.82) is 5.26 Å². The Morgan fingerprint density at radius 3 is 2.73 bits per heavy atom. The molecule has 1 amide bonds. The topological polar surface area (TPSA) is 81.9 Å². The van der Waals surface area contributed by atoms with Gasteiger partial charge in [-0.2, -0.15) is 5.26 Å². The lowest BCUT2D eigenvalue weighted by molar-refractivity contribution is -0.141. The van der Waals surface area contributed by atoms with Gasteiger partial charge < -0.3 is 10.2 Å².